The zero-order valence-corrected chi connectivity index (χ0v) is 15.4. The van der Waals surface area contributed by atoms with Crippen molar-refractivity contribution in [3.63, 3.8) is 0 Å². The average Bonchev–Trinajstić information content (AvgIpc) is 3.33. The van der Waals surface area contributed by atoms with Crippen molar-refractivity contribution in [2.45, 2.75) is 31.7 Å². The molecule has 7 nitrogen and oxygen atoms in total. The van der Waals surface area contributed by atoms with E-state index in [0.717, 1.165) is 39.0 Å². The van der Waals surface area contributed by atoms with Gasteiger partial charge in [0.05, 0.1) is 25.7 Å². The minimum Gasteiger partial charge on any atom is -0.476 e. The zero-order valence-electron chi connectivity index (χ0n) is 14.6. The summed E-state index contributed by atoms with van der Waals surface area (Å²) in [4.78, 5) is 6.53. The summed E-state index contributed by atoms with van der Waals surface area (Å²) in [7, 11) is 0. The van der Waals surface area contributed by atoms with E-state index in [2.05, 4.69) is 20.1 Å². The molecule has 0 amide bonds. The zero-order chi connectivity index (χ0) is 17.8. The van der Waals surface area contributed by atoms with E-state index < -0.39 is 0 Å². The Bertz CT molecular complexity index is 720. The Labute approximate surface area is 157 Å². The monoisotopic (exact) mass is 378 g/mol. The summed E-state index contributed by atoms with van der Waals surface area (Å²) in [5, 5.41) is 8.96. The third-order valence-corrected chi connectivity index (χ3v) is 5.19. The van der Waals surface area contributed by atoms with Gasteiger partial charge < -0.3 is 13.9 Å². The van der Waals surface area contributed by atoms with Crippen molar-refractivity contribution >= 4 is 11.6 Å². The topological polar surface area (TPSA) is 73.5 Å². The van der Waals surface area contributed by atoms with Gasteiger partial charge in [0.25, 0.3) is 0 Å². The predicted octanol–water partition coefficient (Wildman–Crippen LogP) is 2.91. The van der Waals surface area contributed by atoms with E-state index in [1.165, 1.54) is 0 Å². The maximum absolute atomic E-state index is 6.10. The number of nitrogens with zero attached hydrogens (tertiary/aromatic N) is 4. The van der Waals surface area contributed by atoms with Crippen molar-refractivity contribution in [2.75, 3.05) is 32.9 Å². The molecule has 4 heterocycles. The number of aromatic nitrogens is 3. The smallest absolute Gasteiger partial charge is 0.232 e. The molecule has 2 unspecified atom stereocenters. The van der Waals surface area contributed by atoms with E-state index in [0.29, 0.717) is 48.4 Å². The number of hydrogen-bond donors (Lipinski definition) is 0. The fourth-order valence-corrected chi connectivity index (χ4v) is 3.70. The molecule has 2 aromatic heterocycles. The first-order valence-corrected chi connectivity index (χ1v) is 9.51. The molecule has 0 radical (unpaired) electrons. The molecule has 2 atom stereocenters. The van der Waals surface area contributed by atoms with Crippen LogP contribution in [0.15, 0.2) is 22.7 Å². The van der Waals surface area contributed by atoms with E-state index >= 15 is 0 Å². The minimum absolute atomic E-state index is 0.252. The SMILES string of the molecule is Clc1cccnc1OCC1CCCN(Cc2nnc(C3CCOC3)o2)C1. The normalized spacial score (nSPS) is 24.0. The Balaban J connectivity index is 1.29. The molecule has 0 bridgehead atoms. The number of pyridine rings is 1. The summed E-state index contributed by atoms with van der Waals surface area (Å²) in [6, 6.07) is 3.59. The average molecular weight is 379 g/mol. The van der Waals surface area contributed by atoms with E-state index in [1.807, 2.05) is 0 Å². The molecule has 0 spiro atoms. The van der Waals surface area contributed by atoms with E-state index in [9.17, 15) is 0 Å². The molecule has 2 aliphatic rings. The summed E-state index contributed by atoms with van der Waals surface area (Å²) in [6.07, 6.45) is 4.91. The molecule has 26 heavy (non-hydrogen) atoms. The van der Waals surface area contributed by atoms with Crippen LogP contribution in [0, 0.1) is 5.92 Å². The maximum atomic E-state index is 6.10. The van der Waals surface area contributed by atoms with Crippen LogP contribution in [0.5, 0.6) is 5.88 Å². The molecular weight excluding hydrogens is 356 g/mol. The summed E-state index contributed by atoms with van der Waals surface area (Å²) in [6.45, 7) is 4.72. The summed E-state index contributed by atoms with van der Waals surface area (Å²) < 4.78 is 17.0. The van der Waals surface area contributed by atoms with Crippen LogP contribution in [0.25, 0.3) is 0 Å². The Hall–Kier alpha value is -1.70. The predicted molar refractivity (Wildman–Crippen MR) is 95.2 cm³/mol. The van der Waals surface area contributed by atoms with Crippen molar-refractivity contribution in [2.24, 2.45) is 5.92 Å². The maximum Gasteiger partial charge on any atom is 0.232 e. The summed E-state index contributed by atoms with van der Waals surface area (Å²) in [5.41, 5.74) is 0. The van der Waals surface area contributed by atoms with Gasteiger partial charge in [0, 0.05) is 25.3 Å². The third-order valence-electron chi connectivity index (χ3n) is 4.90. The lowest BCUT2D eigenvalue weighted by Gasteiger charge is -2.31. The molecule has 2 aliphatic heterocycles. The van der Waals surface area contributed by atoms with Crippen LogP contribution in [0.2, 0.25) is 5.02 Å². The molecule has 0 aliphatic carbocycles. The molecule has 4 rings (SSSR count). The first-order valence-electron chi connectivity index (χ1n) is 9.13. The van der Waals surface area contributed by atoms with Gasteiger partial charge in [0.1, 0.15) is 5.02 Å². The molecular formula is C18H23ClN4O3. The van der Waals surface area contributed by atoms with E-state index in [4.69, 9.17) is 25.5 Å². The number of likely N-dealkylation sites (tertiary alicyclic amines) is 1. The van der Waals surface area contributed by atoms with E-state index in [-0.39, 0.29) is 5.92 Å². The van der Waals surface area contributed by atoms with Crippen molar-refractivity contribution in [3.05, 3.63) is 35.1 Å². The highest BCUT2D eigenvalue weighted by Crippen LogP contribution is 2.26. The Morgan fingerprint density at radius 2 is 2.27 bits per heavy atom. The second-order valence-corrected chi connectivity index (χ2v) is 7.35. The summed E-state index contributed by atoms with van der Waals surface area (Å²) >= 11 is 6.10. The Morgan fingerprint density at radius 1 is 1.31 bits per heavy atom. The third kappa shape index (κ3) is 4.34. The van der Waals surface area contributed by atoms with Crippen LogP contribution in [0.1, 0.15) is 37.0 Å². The van der Waals surface area contributed by atoms with Gasteiger partial charge in [-0.15, -0.1) is 10.2 Å². The number of piperidine rings is 1. The highest BCUT2D eigenvalue weighted by atomic mass is 35.5. The lowest BCUT2D eigenvalue weighted by atomic mass is 9.99. The van der Waals surface area contributed by atoms with Gasteiger partial charge in [-0.2, -0.15) is 0 Å². The van der Waals surface area contributed by atoms with Crippen molar-refractivity contribution in [1.29, 1.82) is 0 Å². The Morgan fingerprint density at radius 3 is 3.12 bits per heavy atom. The number of halogens is 1. The van der Waals surface area contributed by atoms with Crippen LogP contribution in [-0.2, 0) is 11.3 Å². The summed E-state index contributed by atoms with van der Waals surface area (Å²) in [5.74, 6) is 2.58. The molecule has 2 saturated heterocycles. The minimum atomic E-state index is 0.252. The van der Waals surface area contributed by atoms with Crippen LogP contribution in [0.4, 0.5) is 0 Å². The fourth-order valence-electron chi connectivity index (χ4n) is 3.52. The molecule has 0 N–H and O–H groups in total. The largest absolute Gasteiger partial charge is 0.476 e. The highest BCUT2D eigenvalue weighted by Gasteiger charge is 2.26. The first-order chi connectivity index (χ1) is 12.8. The number of rotatable bonds is 6. The molecule has 140 valence electrons. The molecule has 0 saturated carbocycles. The van der Waals surface area contributed by atoms with Crippen molar-refractivity contribution in [1.82, 2.24) is 20.1 Å². The second kappa shape index (κ2) is 8.33. The number of hydrogen-bond acceptors (Lipinski definition) is 7. The quantitative estimate of drug-likeness (QED) is 0.765. The Kier molecular flexibility index (Phi) is 5.67. The molecule has 2 fully saturated rings. The second-order valence-electron chi connectivity index (χ2n) is 6.94. The molecule has 2 aromatic rings. The standard InChI is InChI=1S/C18H23ClN4O3/c19-15-4-1-6-20-18(15)25-11-13-3-2-7-23(9-13)10-16-21-22-17(26-16)14-5-8-24-12-14/h1,4,6,13-14H,2-3,5,7-12H2. The molecule has 0 aromatic carbocycles. The lowest BCUT2D eigenvalue weighted by Crippen LogP contribution is -2.37. The number of ether oxygens (including phenoxy) is 2. The van der Waals surface area contributed by atoms with Crippen LogP contribution >= 0.6 is 11.6 Å². The van der Waals surface area contributed by atoms with Gasteiger partial charge in [-0.1, -0.05) is 11.6 Å². The van der Waals surface area contributed by atoms with Crippen molar-refractivity contribution in [3.8, 4) is 5.88 Å². The van der Waals surface area contributed by atoms with Gasteiger partial charge >= 0.3 is 0 Å². The van der Waals surface area contributed by atoms with Gasteiger partial charge in [-0.05, 0) is 37.9 Å². The van der Waals surface area contributed by atoms with Gasteiger partial charge in [-0.25, -0.2) is 4.98 Å². The lowest BCUT2D eigenvalue weighted by molar-refractivity contribution is 0.115. The van der Waals surface area contributed by atoms with Crippen LogP contribution in [0.3, 0.4) is 0 Å². The van der Waals surface area contributed by atoms with Crippen molar-refractivity contribution < 1.29 is 13.9 Å². The van der Waals surface area contributed by atoms with Crippen LogP contribution < -0.4 is 4.74 Å². The van der Waals surface area contributed by atoms with E-state index in [1.54, 1.807) is 18.3 Å². The van der Waals surface area contributed by atoms with Gasteiger partial charge in [-0.3, -0.25) is 4.90 Å². The van der Waals surface area contributed by atoms with Crippen LogP contribution in [-0.4, -0.2) is 53.0 Å². The molecule has 8 heteroatoms. The fraction of sp³-hybridized carbons (Fsp3) is 0.611. The first kappa shape index (κ1) is 17.7. The van der Waals surface area contributed by atoms with Gasteiger partial charge in [0.15, 0.2) is 0 Å². The highest BCUT2D eigenvalue weighted by molar-refractivity contribution is 6.31. The van der Waals surface area contributed by atoms with Gasteiger partial charge in [0.2, 0.25) is 17.7 Å².